The van der Waals surface area contributed by atoms with Crippen LogP contribution in [0.2, 0.25) is 5.02 Å². The fraction of sp³-hybridized carbons (Fsp3) is 0.250. The average molecular weight is 355 g/mol. The van der Waals surface area contributed by atoms with Crippen molar-refractivity contribution in [2.24, 2.45) is 11.5 Å². The van der Waals surface area contributed by atoms with E-state index >= 15 is 0 Å². The first kappa shape index (κ1) is 16.4. The Hall–Kier alpha value is -1.47. The maximum Gasteiger partial charge on any atom is 0.183 e. The van der Waals surface area contributed by atoms with Gasteiger partial charge < -0.3 is 11.5 Å². The highest BCUT2D eigenvalue weighted by molar-refractivity contribution is 7.92. The van der Waals surface area contributed by atoms with Gasteiger partial charge in [-0.05, 0) is 42.0 Å². The normalized spacial score (nSPS) is 27.0. The molecule has 0 aliphatic heterocycles. The van der Waals surface area contributed by atoms with Crippen LogP contribution in [0.5, 0.6) is 0 Å². The Morgan fingerprint density at radius 1 is 1.17 bits per heavy atom. The molecule has 0 heterocycles. The van der Waals surface area contributed by atoms with Crippen LogP contribution < -0.4 is 11.5 Å². The van der Waals surface area contributed by atoms with Crippen LogP contribution in [-0.2, 0) is 9.84 Å². The molecule has 1 aliphatic carbocycles. The summed E-state index contributed by atoms with van der Waals surface area (Å²) in [4.78, 5) is 0.133. The van der Waals surface area contributed by atoms with Gasteiger partial charge in [0.25, 0.3) is 0 Å². The third-order valence-corrected chi connectivity index (χ3v) is 6.90. The van der Waals surface area contributed by atoms with Crippen molar-refractivity contribution >= 4 is 21.4 Å². The largest absolute Gasteiger partial charge is 0.329 e. The molecule has 2 aromatic carbocycles. The van der Waals surface area contributed by atoms with E-state index < -0.39 is 32.4 Å². The molecule has 0 aromatic heterocycles. The van der Waals surface area contributed by atoms with E-state index in [2.05, 4.69) is 0 Å². The molecule has 4 nitrogen and oxygen atoms in total. The first-order chi connectivity index (χ1) is 10.8. The van der Waals surface area contributed by atoms with Crippen LogP contribution in [0.4, 0.5) is 4.39 Å². The molecule has 1 saturated carbocycles. The summed E-state index contributed by atoms with van der Waals surface area (Å²) in [6, 6.07) is 11.7. The highest BCUT2D eigenvalue weighted by atomic mass is 35.5. The van der Waals surface area contributed by atoms with Crippen molar-refractivity contribution in [3.63, 3.8) is 0 Å². The highest BCUT2D eigenvalue weighted by Crippen LogP contribution is 2.55. The molecule has 3 rings (SSSR count). The van der Waals surface area contributed by atoms with Crippen LogP contribution in [0.25, 0.3) is 0 Å². The predicted molar refractivity (Wildman–Crippen MR) is 87.5 cm³/mol. The maximum atomic E-state index is 13.5. The summed E-state index contributed by atoms with van der Waals surface area (Å²) >= 11 is 5.80. The predicted octanol–water partition coefficient (Wildman–Crippen LogP) is 2.08. The van der Waals surface area contributed by atoms with Crippen molar-refractivity contribution in [1.82, 2.24) is 0 Å². The van der Waals surface area contributed by atoms with Gasteiger partial charge in [-0.15, -0.1) is 0 Å². The fourth-order valence-corrected chi connectivity index (χ4v) is 5.54. The zero-order chi connectivity index (χ0) is 16.8. The van der Waals surface area contributed by atoms with E-state index in [4.69, 9.17) is 23.1 Å². The van der Waals surface area contributed by atoms with Crippen molar-refractivity contribution in [1.29, 1.82) is 0 Å². The molecule has 0 saturated heterocycles. The summed E-state index contributed by atoms with van der Waals surface area (Å²) in [6.45, 7) is -0.00827. The minimum atomic E-state index is -3.70. The van der Waals surface area contributed by atoms with E-state index in [1.54, 1.807) is 6.07 Å². The van der Waals surface area contributed by atoms with Crippen molar-refractivity contribution in [2.75, 3.05) is 6.54 Å². The summed E-state index contributed by atoms with van der Waals surface area (Å²) in [5.74, 6) is -0.972. The molecule has 0 unspecified atom stereocenters. The molecule has 4 N–H and O–H groups in total. The van der Waals surface area contributed by atoms with E-state index in [0.29, 0.717) is 10.6 Å². The number of benzene rings is 2. The Balaban J connectivity index is 2.03. The van der Waals surface area contributed by atoms with Crippen LogP contribution in [0, 0.1) is 5.82 Å². The van der Waals surface area contributed by atoms with Crippen molar-refractivity contribution in [2.45, 2.75) is 21.6 Å². The van der Waals surface area contributed by atoms with Gasteiger partial charge in [0.15, 0.2) is 9.84 Å². The smallest absolute Gasteiger partial charge is 0.183 e. The second-order valence-corrected chi connectivity index (χ2v) is 8.27. The standard InChI is InChI=1S/C16H16ClFN2O2S/c17-11-4-6-13(7-5-11)23(21,22)15-14(16(15,20)9-19)10-2-1-3-12(18)8-10/h1-8,14-15H,9,19-20H2/t14-,15+,16-/m0/s1. The molecule has 2 aromatic rings. The highest BCUT2D eigenvalue weighted by Gasteiger charge is 2.68. The van der Waals surface area contributed by atoms with Gasteiger partial charge >= 0.3 is 0 Å². The summed E-state index contributed by atoms with van der Waals surface area (Å²) in [7, 11) is -3.70. The molecule has 3 atom stereocenters. The molecule has 1 fully saturated rings. The maximum absolute atomic E-state index is 13.5. The molecule has 0 amide bonds. The lowest BCUT2D eigenvalue weighted by Gasteiger charge is -2.09. The quantitative estimate of drug-likeness (QED) is 0.880. The van der Waals surface area contributed by atoms with Crippen LogP contribution in [0.15, 0.2) is 53.4 Å². The van der Waals surface area contributed by atoms with Gasteiger partial charge in [0.1, 0.15) is 5.82 Å². The molecule has 23 heavy (non-hydrogen) atoms. The van der Waals surface area contributed by atoms with Crippen molar-refractivity contribution in [3.8, 4) is 0 Å². The second-order valence-electron chi connectivity index (χ2n) is 5.77. The molecule has 0 spiro atoms. The number of nitrogens with two attached hydrogens (primary N) is 2. The second kappa shape index (κ2) is 5.56. The van der Waals surface area contributed by atoms with Crippen LogP contribution in [0.1, 0.15) is 11.5 Å². The topological polar surface area (TPSA) is 86.2 Å². The number of hydrogen-bond acceptors (Lipinski definition) is 4. The van der Waals surface area contributed by atoms with Crippen LogP contribution in [0.3, 0.4) is 0 Å². The third-order valence-electron chi connectivity index (χ3n) is 4.34. The first-order valence-electron chi connectivity index (χ1n) is 7.04. The van der Waals surface area contributed by atoms with E-state index in [0.717, 1.165) is 0 Å². The zero-order valence-corrected chi connectivity index (χ0v) is 13.7. The van der Waals surface area contributed by atoms with Gasteiger partial charge in [-0.3, -0.25) is 0 Å². The van der Waals surface area contributed by atoms with Crippen LogP contribution >= 0.6 is 11.6 Å². The van der Waals surface area contributed by atoms with Gasteiger partial charge in [0.05, 0.1) is 15.7 Å². The minimum Gasteiger partial charge on any atom is -0.329 e. The van der Waals surface area contributed by atoms with E-state index in [-0.39, 0.29) is 11.4 Å². The molecular formula is C16H16ClFN2O2S. The lowest BCUT2D eigenvalue weighted by atomic mass is 10.1. The molecule has 1 aliphatic rings. The Labute approximate surface area is 139 Å². The summed E-state index contributed by atoms with van der Waals surface area (Å²) in [5, 5.41) is -0.442. The Morgan fingerprint density at radius 3 is 2.39 bits per heavy atom. The van der Waals surface area contributed by atoms with Crippen LogP contribution in [-0.4, -0.2) is 25.8 Å². The number of sulfone groups is 1. The Bertz CT molecular complexity index is 841. The third kappa shape index (κ3) is 2.65. The fourth-order valence-electron chi connectivity index (χ4n) is 3.09. The summed E-state index contributed by atoms with van der Waals surface area (Å²) < 4.78 is 39.2. The SMILES string of the molecule is NC[C@@]1(N)[C@H](S(=O)(=O)c2ccc(Cl)cc2)[C@@H]1c1cccc(F)c1. The number of rotatable bonds is 4. The molecule has 0 radical (unpaired) electrons. The van der Waals surface area contributed by atoms with Crippen molar-refractivity contribution < 1.29 is 12.8 Å². The first-order valence-corrected chi connectivity index (χ1v) is 8.97. The monoisotopic (exact) mass is 354 g/mol. The zero-order valence-electron chi connectivity index (χ0n) is 12.1. The Kier molecular flexibility index (Phi) is 3.96. The van der Waals surface area contributed by atoms with Gasteiger partial charge in [0, 0.05) is 17.5 Å². The molecule has 122 valence electrons. The number of halogens is 2. The minimum absolute atomic E-state index is 0.00827. The Morgan fingerprint density at radius 2 is 1.83 bits per heavy atom. The molecular weight excluding hydrogens is 339 g/mol. The lowest BCUT2D eigenvalue weighted by Crippen LogP contribution is -2.39. The van der Waals surface area contributed by atoms with E-state index in [9.17, 15) is 12.8 Å². The summed E-state index contributed by atoms with van der Waals surface area (Å²) in [5.41, 5.74) is 11.4. The molecule has 0 bridgehead atoms. The van der Waals surface area contributed by atoms with Gasteiger partial charge in [-0.2, -0.15) is 0 Å². The van der Waals surface area contributed by atoms with Gasteiger partial charge in [-0.25, -0.2) is 12.8 Å². The van der Waals surface area contributed by atoms with E-state index in [1.165, 1.54) is 42.5 Å². The van der Waals surface area contributed by atoms with Crippen molar-refractivity contribution in [3.05, 3.63) is 64.9 Å². The lowest BCUT2D eigenvalue weighted by molar-refractivity contribution is 0.586. The van der Waals surface area contributed by atoms with Gasteiger partial charge in [0.2, 0.25) is 0 Å². The average Bonchev–Trinajstić information content (AvgIpc) is 3.15. The van der Waals surface area contributed by atoms with Gasteiger partial charge in [-0.1, -0.05) is 23.7 Å². The summed E-state index contributed by atoms with van der Waals surface area (Å²) in [6.07, 6.45) is 0. The van der Waals surface area contributed by atoms with E-state index in [1.807, 2.05) is 0 Å². The number of hydrogen-bond donors (Lipinski definition) is 2. The molecule has 7 heteroatoms.